The molecule has 0 radical (unpaired) electrons. The molecule has 0 aromatic heterocycles. The van der Waals surface area contributed by atoms with Crippen LogP contribution < -0.4 is 5.32 Å². The molecule has 0 saturated heterocycles. The number of nitrogens with one attached hydrogen (secondary N) is 1. The molecule has 4 heteroatoms. The van der Waals surface area contributed by atoms with Crippen molar-refractivity contribution in [3.8, 4) is 0 Å². The second kappa shape index (κ2) is 7.84. The van der Waals surface area contributed by atoms with Gasteiger partial charge in [0.25, 0.3) is 0 Å². The number of halogens is 1. The summed E-state index contributed by atoms with van der Waals surface area (Å²) in [6, 6.07) is 14.4. The number of amides is 1. The van der Waals surface area contributed by atoms with Crippen molar-refractivity contribution in [2.24, 2.45) is 0 Å². The molecule has 2 rings (SSSR count). The van der Waals surface area contributed by atoms with Crippen LogP contribution in [0.2, 0.25) is 0 Å². The van der Waals surface area contributed by atoms with E-state index in [1.807, 2.05) is 24.3 Å². The zero-order chi connectivity index (χ0) is 15.1. The van der Waals surface area contributed by atoms with E-state index in [2.05, 4.69) is 12.2 Å². The first-order valence-corrected chi connectivity index (χ1v) is 7.93. The minimum Gasteiger partial charge on any atom is -0.326 e. The van der Waals surface area contributed by atoms with Gasteiger partial charge < -0.3 is 5.32 Å². The molecule has 2 nitrogen and oxygen atoms in total. The Morgan fingerprint density at radius 3 is 2.52 bits per heavy atom. The zero-order valence-electron chi connectivity index (χ0n) is 11.9. The van der Waals surface area contributed by atoms with Crippen molar-refractivity contribution in [3.63, 3.8) is 0 Å². The quantitative estimate of drug-likeness (QED) is 0.796. The summed E-state index contributed by atoms with van der Waals surface area (Å²) in [6.07, 6.45) is 1.34. The van der Waals surface area contributed by atoms with Gasteiger partial charge in [-0.3, -0.25) is 4.79 Å². The highest BCUT2D eigenvalue weighted by Crippen LogP contribution is 2.22. The van der Waals surface area contributed by atoms with E-state index in [-0.39, 0.29) is 11.7 Å². The van der Waals surface area contributed by atoms with Gasteiger partial charge in [-0.25, -0.2) is 4.39 Å². The van der Waals surface area contributed by atoms with Gasteiger partial charge in [0, 0.05) is 22.8 Å². The highest BCUT2D eigenvalue weighted by Gasteiger charge is 2.05. The van der Waals surface area contributed by atoms with Crippen LogP contribution in [-0.2, 0) is 11.2 Å². The fourth-order valence-electron chi connectivity index (χ4n) is 1.86. The van der Waals surface area contributed by atoms with E-state index in [1.165, 1.54) is 23.4 Å². The first-order chi connectivity index (χ1) is 10.2. The molecule has 0 aliphatic rings. The van der Waals surface area contributed by atoms with Crippen molar-refractivity contribution in [2.75, 3.05) is 11.1 Å². The molecular weight excluding hydrogens is 285 g/mol. The number of hydrogen-bond acceptors (Lipinski definition) is 2. The van der Waals surface area contributed by atoms with Crippen LogP contribution in [0.5, 0.6) is 0 Å². The summed E-state index contributed by atoms with van der Waals surface area (Å²) in [5.41, 5.74) is 2.04. The smallest absolute Gasteiger partial charge is 0.225 e. The molecule has 1 amide bonds. The van der Waals surface area contributed by atoms with Crippen LogP contribution in [0.4, 0.5) is 10.1 Å². The molecule has 2 aromatic carbocycles. The Labute approximate surface area is 128 Å². The predicted molar refractivity (Wildman–Crippen MR) is 86.2 cm³/mol. The Bertz CT molecular complexity index is 598. The molecule has 0 aliphatic heterocycles. The molecule has 1 N–H and O–H groups in total. The van der Waals surface area contributed by atoms with Gasteiger partial charge in [-0.05, 0) is 36.2 Å². The van der Waals surface area contributed by atoms with Crippen LogP contribution in [0, 0.1) is 5.82 Å². The van der Waals surface area contributed by atoms with Crippen LogP contribution in [0.15, 0.2) is 53.4 Å². The van der Waals surface area contributed by atoms with E-state index in [0.717, 1.165) is 12.1 Å². The first kappa shape index (κ1) is 15.6. The Morgan fingerprint density at radius 2 is 1.86 bits per heavy atom. The minimum absolute atomic E-state index is 0.0527. The lowest BCUT2D eigenvalue weighted by Crippen LogP contribution is -2.12. The van der Waals surface area contributed by atoms with Crippen LogP contribution >= 0.6 is 11.8 Å². The first-order valence-electron chi connectivity index (χ1n) is 6.95. The molecule has 0 saturated carbocycles. The van der Waals surface area contributed by atoms with E-state index >= 15 is 0 Å². The van der Waals surface area contributed by atoms with Gasteiger partial charge in [-0.15, -0.1) is 11.8 Å². The molecule has 110 valence electrons. The summed E-state index contributed by atoms with van der Waals surface area (Å²) < 4.78 is 13.4. The van der Waals surface area contributed by atoms with E-state index in [0.29, 0.717) is 17.1 Å². The monoisotopic (exact) mass is 303 g/mol. The standard InChI is InChI=1S/C17H18FNOS/c1-2-13-7-9-14(10-8-13)19-17(20)11-12-21-16-6-4-3-5-15(16)18/h3-10H,2,11-12H2,1H3,(H,19,20). The Morgan fingerprint density at radius 1 is 1.14 bits per heavy atom. The van der Waals surface area contributed by atoms with E-state index in [4.69, 9.17) is 0 Å². The second-order valence-corrected chi connectivity index (χ2v) is 5.76. The molecule has 0 aliphatic carbocycles. The topological polar surface area (TPSA) is 29.1 Å². The van der Waals surface area contributed by atoms with Crippen LogP contribution in [-0.4, -0.2) is 11.7 Å². The summed E-state index contributed by atoms with van der Waals surface area (Å²) in [5, 5.41) is 2.85. The maximum atomic E-state index is 13.4. The van der Waals surface area contributed by atoms with Crippen molar-refractivity contribution in [1.29, 1.82) is 0 Å². The second-order valence-electron chi connectivity index (χ2n) is 4.63. The summed E-state index contributed by atoms with van der Waals surface area (Å²) >= 11 is 1.36. The molecule has 2 aromatic rings. The lowest BCUT2D eigenvalue weighted by atomic mass is 10.1. The van der Waals surface area contributed by atoms with Crippen molar-refractivity contribution in [3.05, 3.63) is 59.9 Å². The summed E-state index contributed by atoms with van der Waals surface area (Å²) in [5.74, 6) is 0.265. The van der Waals surface area contributed by atoms with Crippen molar-refractivity contribution in [2.45, 2.75) is 24.7 Å². The normalized spacial score (nSPS) is 10.4. The summed E-state index contributed by atoms with van der Waals surface area (Å²) in [4.78, 5) is 12.4. The lowest BCUT2D eigenvalue weighted by molar-refractivity contribution is -0.115. The van der Waals surface area contributed by atoms with Crippen molar-refractivity contribution in [1.82, 2.24) is 0 Å². The fraction of sp³-hybridized carbons (Fsp3) is 0.235. The number of carbonyl (C=O) groups excluding carboxylic acids is 1. The van der Waals surface area contributed by atoms with Crippen LogP contribution in [0.3, 0.4) is 0 Å². The van der Waals surface area contributed by atoms with Crippen LogP contribution in [0.1, 0.15) is 18.9 Å². The molecule has 0 atom stereocenters. The summed E-state index contributed by atoms with van der Waals surface area (Å²) in [7, 11) is 0. The van der Waals surface area contributed by atoms with Gasteiger partial charge in [0.05, 0.1) is 0 Å². The van der Waals surface area contributed by atoms with Gasteiger partial charge >= 0.3 is 0 Å². The molecular formula is C17H18FNOS. The van der Waals surface area contributed by atoms with Crippen molar-refractivity contribution < 1.29 is 9.18 Å². The molecule has 0 heterocycles. The average molecular weight is 303 g/mol. The van der Waals surface area contributed by atoms with Gasteiger partial charge in [0.15, 0.2) is 0 Å². The fourth-order valence-corrected chi connectivity index (χ4v) is 2.75. The number of thioether (sulfide) groups is 1. The minimum atomic E-state index is -0.238. The maximum Gasteiger partial charge on any atom is 0.225 e. The van der Waals surface area contributed by atoms with Crippen LogP contribution in [0.25, 0.3) is 0 Å². The number of aryl methyl sites for hydroxylation is 1. The highest BCUT2D eigenvalue weighted by atomic mass is 32.2. The number of hydrogen-bond donors (Lipinski definition) is 1. The number of benzene rings is 2. The third-order valence-electron chi connectivity index (χ3n) is 3.07. The average Bonchev–Trinajstić information content (AvgIpc) is 2.50. The van der Waals surface area contributed by atoms with E-state index in [9.17, 15) is 9.18 Å². The highest BCUT2D eigenvalue weighted by molar-refractivity contribution is 7.99. The van der Waals surface area contributed by atoms with Gasteiger partial charge in [0.1, 0.15) is 5.82 Å². The van der Waals surface area contributed by atoms with Crippen molar-refractivity contribution >= 4 is 23.4 Å². The number of carbonyl (C=O) groups is 1. The Balaban J connectivity index is 1.78. The molecule has 21 heavy (non-hydrogen) atoms. The SMILES string of the molecule is CCc1ccc(NC(=O)CCSc2ccccc2F)cc1. The lowest BCUT2D eigenvalue weighted by Gasteiger charge is -2.06. The molecule has 0 fully saturated rings. The summed E-state index contributed by atoms with van der Waals surface area (Å²) in [6.45, 7) is 2.09. The third kappa shape index (κ3) is 4.90. The molecule has 0 unspecified atom stereocenters. The van der Waals surface area contributed by atoms with E-state index < -0.39 is 0 Å². The maximum absolute atomic E-state index is 13.4. The number of anilines is 1. The van der Waals surface area contributed by atoms with Gasteiger partial charge in [-0.1, -0.05) is 31.2 Å². The Kier molecular flexibility index (Phi) is 5.81. The predicted octanol–water partition coefficient (Wildman–Crippen LogP) is 4.51. The van der Waals surface area contributed by atoms with Gasteiger partial charge in [0.2, 0.25) is 5.91 Å². The van der Waals surface area contributed by atoms with Gasteiger partial charge in [-0.2, -0.15) is 0 Å². The largest absolute Gasteiger partial charge is 0.326 e. The Hall–Kier alpha value is -1.81. The third-order valence-corrected chi connectivity index (χ3v) is 4.12. The molecule has 0 spiro atoms. The zero-order valence-corrected chi connectivity index (χ0v) is 12.8. The van der Waals surface area contributed by atoms with E-state index in [1.54, 1.807) is 18.2 Å². The number of rotatable bonds is 6. The molecule has 0 bridgehead atoms.